The van der Waals surface area contributed by atoms with Gasteiger partial charge in [0, 0.05) is 24.5 Å². The first-order valence-corrected chi connectivity index (χ1v) is 13.9. The Balaban J connectivity index is 1.08. The van der Waals surface area contributed by atoms with Gasteiger partial charge in [-0.1, -0.05) is 30.3 Å². The smallest absolute Gasteiger partial charge is 0.410 e. The van der Waals surface area contributed by atoms with E-state index in [1.807, 2.05) is 42.5 Å². The first-order valence-electron chi connectivity index (χ1n) is 13.5. The van der Waals surface area contributed by atoms with Crippen LogP contribution in [0.5, 0.6) is 6.01 Å². The molecule has 1 unspecified atom stereocenters. The van der Waals surface area contributed by atoms with Crippen molar-refractivity contribution < 1.29 is 28.6 Å². The van der Waals surface area contributed by atoms with Gasteiger partial charge in [-0.05, 0) is 54.3 Å². The molecule has 3 aromatic rings. The van der Waals surface area contributed by atoms with Crippen LogP contribution in [0.1, 0.15) is 18.4 Å². The summed E-state index contributed by atoms with van der Waals surface area (Å²) in [5.74, 6) is -0.211. The quantitative estimate of drug-likeness (QED) is 0.335. The predicted molar refractivity (Wildman–Crippen MR) is 153 cm³/mol. The Labute approximate surface area is 247 Å². The number of hydrogen-bond acceptors (Lipinski definition) is 10. The fourth-order valence-corrected chi connectivity index (χ4v) is 4.74. The maximum absolute atomic E-state index is 12.8. The van der Waals surface area contributed by atoms with Gasteiger partial charge in [-0.3, -0.25) is 14.5 Å². The lowest BCUT2D eigenvalue weighted by atomic mass is 10.2. The minimum Gasteiger partial charge on any atom is -0.461 e. The van der Waals surface area contributed by atoms with Crippen molar-refractivity contribution in [2.45, 2.75) is 25.5 Å². The highest BCUT2D eigenvalue weighted by Gasteiger charge is 2.35. The summed E-state index contributed by atoms with van der Waals surface area (Å²) in [6.45, 7) is 1.88. The number of nitrogens with one attached hydrogen (secondary N) is 2. The van der Waals surface area contributed by atoms with Crippen LogP contribution in [0.2, 0.25) is 5.28 Å². The number of hydrogen-bond donors (Lipinski definition) is 2. The second kappa shape index (κ2) is 13.9. The van der Waals surface area contributed by atoms with Gasteiger partial charge < -0.3 is 29.7 Å². The van der Waals surface area contributed by atoms with Crippen molar-refractivity contribution in [3.63, 3.8) is 0 Å². The third-order valence-electron chi connectivity index (χ3n) is 6.64. The number of amides is 3. The molecule has 0 aliphatic carbocycles. The van der Waals surface area contributed by atoms with Crippen molar-refractivity contribution in [3.05, 3.63) is 65.4 Å². The van der Waals surface area contributed by atoms with Gasteiger partial charge in [0.15, 0.2) is 0 Å². The van der Waals surface area contributed by atoms with Gasteiger partial charge in [-0.15, -0.1) is 0 Å². The topological polar surface area (TPSA) is 148 Å². The van der Waals surface area contributed by atoms with Crippen LogP contribution in [0.25, 0.3) is 0 Å². The van der Waals surface area contributed by atoms with Crippen molar-refractivity contribution in [3.8, 4) is 6.01 Å². The van der Waals surface area contributed by atoms with Gasteiger partial charge in [0.05, 0.1) is 13.2 Å². The fourth-order valence-electron chi connectivity index (χ4n) is 4.59. The molecule has 5 rings (SSSR count). The standard InChI is InChI=1S/C28H30ClN7O6/c29-25-32-26(31-20-8-10-21(11-9-20)35-14-16-40-18-23(35)37)34-27(33-25)41-15-12-30-24(38)22-7-4-13-36(22)28(39)42-17-19-5-2-1-3-6-19/h1-3,5-6,8-11,22H,4,7,12-18H2,(H,30,38)(H,31,32,33,34). The average Bonchev–Trinajstić information content (AvgIpc) is 3.50. The highest BCUT2D eigenvalue weighted by atomic mass is 35.5. The minimum absolute atomic E-state index is 0.0192. The summed E-state index contributed by atoms with van der Waals surface area (Å²) >= 11 is 6.06. The molecule has 2 fully saturated rings. The van der Waals surface area contributed by atoms with Gasteiger partial charge in [0.2, 0.25) is 17.1 Å². The summed E-state index contributed by atoms with van der Waals surface area (Å²) in [6, 6.07) is 15.9. The minimum atomic E-state index is -0.608. The number of anilines is 3. The van der Waals surface area contributed by atoms with Crippen LogP contribution in [-0.4, -0.2) is 83.3 Å². The fraction of sp³-hybridized carbons (Fsp3) is 0.357. The van der Waals surface area contributed by atoms with Crippen LogP contribution in [0.15, 0.2) is 54.6 Å². The van der Waals surface area contributed by atoms with Crippen LogP contribution < -0.4 is 20.3 Å². The summed E-state index contributed by atoms with van der Waals surface area (Å²) in [5.41, 5.74) is 2.31. The van der Waals surface area contributed by atoms with E-state index in [2.05, 4.69) is 25.6 Å². The van der Waals surface area contributed by atoms with E-state index in [-0.39, 0.29) is 55.4 Å². The van der Waals surface area contributed by atoms with E-state index < -0.39 is 12.1 Å². The van der Waals surface area contributed by atoms with Crippen molar-refractivity contribution in [2.24, 2.45) is 0 Å². The molecule has 0 spiro atoms. The predicted octanol–water partition coefficient (Wildman–Crippen LogP) is 2.93. The monoisotopic (exact) mass is 595 g/mol. The number of rotatable bonds is 10. The molecule has 14 heteroatoms. The Kier molecular flexibility index (Phi) is 9.62. The summed E-state index contributed by atoms with van der Waals surface area (Å²) in [5, 5.41) is 5.75. The summed E-state index contributed by atoms with van der Waals surface area (Å²) in [4.78, 5) is 52.8. The number of carbonyl (C=O) groups is 3. The number of aromatic nitrogens is 3. The lowest BCUT2D eigenvalue weighted by Crippen LogP contribution is -2.46. The number of nitrogens with zero attached hydrogens (tertiary/aromatic N) is 5. The molecular weight excluding hydrogens is 566 g/mol. The van der Waals surface area contributed by atoms with Crippen LogP contribution >= 0.6 is 11.6 Å². The van der Waals surface area contributed by atoms with E-state index in [1.54, 1.807) is 17.0 Å². The molecule has 2 saturated heterocycles. The number of carbonyl (C=O) groups excluding carboxylic acids is 3. The number of morpholine rings is 1. The maximum atomic E-state index is 12.8. The van der Waals surface area contributed by atoms with Crippen molar-refractivity contribution in [1.82, 2.24) is 25.2 Å². The Bertz CT molecular complexity index is 1400. The molecular formula is C28H30ClN7O6. The van der Waals surface area contributed by atoms with Crippen LogP contribution in [0.4, 0.5) is 22.1 Å². The Morgan fingerprint density at radius 3 is 2.64 bits per heavy atom. The highest BCUT2D eigenvalue weighted by Crippen LogP contribution is 2.23. The summed E-state index contributed by atoms with van der Waals surface area (Å²) in [7, 11) is 0. The SMILES string of the molecule is O=C(NCCOc1nc(Cl)nc(Nc2ccc(N3CCOCC3=O)cc2)n1)C1CCCN1C(=O)OCc1ccccc1. The lowest BCUT2D eigenvalue weighted by Gasteiger charge is -2.26. The van der Waals surface area contributed by atoms with Gasteiger partial charge >= 0.3 is 12.1 Å². The number of halogens is 1. The van der Waals surface area contributed by atoms with E-state index in [1.165, 1.54) is 4.90 Å². The molecule has 0 saturated carbocycles. The van der Waals surface area contributed by atoms with Crippen LogP contribution in [-0.2, 0) is 25.7 Å². The van der Waals surface area contributed by atoms with Gasteiger partial charge in [0.1, 0.15) is 25.9 Å². The Morgan fingerprint density at radius 1 is 1.05 bits per heavy atom. The van der Waals surface area contributed by atoms with Crippen molar-refractivity contribution >= 4 is 46.8 Å². The van der Waals surface area contributed by atoms with E-state index in [4.69, 9.17) is 25.8 Å². The third kappa shape index (κ3) is 7.62. The first-order chi connectivity index (χ1) is 20.5. The van der Waals surface area contributed by atoms with E-state index >= 15 is 0 Å². The van der Waals surface area contributed by atoms with Gasteiger partial charge in [0.25, 0.3) is 5.91 Å². The molecule has 1 atom stereocenters. The molecule has 2 aromatic carbocycles. The molecule has 0 radical (unpaired) electrons. The van der Waals surface area contributed by atoms with Crippen molar-refractivity contribution in [1.29, 1.82) is 0 Å². The molecule has 2 aliphatic heterocycles. The normalized spacial score (nSPS) is 16.7. The highest BCUT2D eigenvalue weighted by molar-refractivity contribution is 6.28. The van der Waals surface area contributed by atoms with Crippen LogP contribution in [0.3, 0.4) is 0 Å². The van der Waals surface area contributed by atoms with E-state index in [9.17, 15) is 14.4 Å². The number of likely N-dealkylation sites (tertiary alicyclic amines) is 1. The van der Waals surface area contributed by atoms with E-state index in [0.29, 0.717) is 38.2 Å². The molecule has 220 valence electrons. The molecule has 0 bridgehead atoms. The van der Waals surface area contributed by atoms with Crippen LogP contribution in [0, 0.1) is 0 Å². The number of ether oxygens (including phenoxy) is 3. The second-order valence-corrected chi connectivity index (χ2v) is 9.85. The first kappa shape index (κ1) is 29.0. The molecule has 13 nitrogen and oxygen atoms in total. The average molecular weight is 596 g/mol. The molecule has 2 aliphatic rings. The maximum Gasteiger partial charge on any atom is 0.410 e. The van der Waals surface area contributed by atoms with E-state index in [0.717, 1.165) is 11.3 Å². The Hall–Kier alpha value is -4.49. The van der Waals surface area contributed by atoms with Gasteiger partial charge in [-0.2, -0.15) is 15.0 Å². The Morgan fingerprint density at radius 2 is 1.86 bits per heavy atom. The molecule has 3 amide bonds. The lowest BCUT2D eigenvalue weighted by molar-refractivity contribution is -0.126. The number of benzene rings is 2. The molecule has 1 aromatic heterocycles. The van der Waals surface area contributed by atoms with Gasteiger partial charge in [-0.25, -0.2) is 4.79 Å². The summed E-state index contributed by atoms with van der Waals surface area (Å²) < 4.78 is 16.2. The summed E-state index contributed by atoms with van der Waals surface area (Å²) in [6.07, 6.45) is 0.744. The zero-order valence-corrected chi connectivity index (χ0v) is 23.5. The largest absolute Gasteiger partial charge is 0.461 e. The van der Waals surface area contributed by atoms with Crippen molar-refractivity contribution in [2.75, 3.05) is 49.7 Å². The molecule has 2 N–H and O–H groups in total. The zero-order valence-electron chi connectivity index (χ0n) is 22.7. The second-order valence-electron chi connectivity index (χ2n) is 9.51. The zero-order chi connectivity index (χ0) is 29.3. The molecule has 42 heavy (non-hydrogen) atoms. The third-order valence-corrected chi connectivity index (χ3v) is 6.81. The molecule has 3 heterocycles.